The Morgan fingerprint density at radius 3 is 2.38 bits per heavy atom. The molecule has 2 aromatic carbocycles. The summed E-state index contributed by atoms with van der Waals surface area (Å²) in [4.78, 5) is 11.3. The van der Waals surface area contributed by atoms with Gasteiger partial charge in [-0.15, -0.1) is 9.24 Å². The van der Waals surface area contributed by atoms with Crippen LogP contribution in [0.5, 0.6) is 11.6 Å². The highest BCUT2D eigenvalue weighted by atomic mass is 32.2. The average Bonchev–Trinajstić information content (AvgIpc) is 3.04. The number of aromatic amines is 1. The molecule has 0 amide bonds. The molecular formula is C16H14N3O5PS. The summed E-state index contributed by atoms with van der Waals surface area (Å²) in [6.07, 6.45) is 1.16. The van der Waals surface area contributed by atoms with Gasteiger partial charge in [0, 0.05) is 11.6 Å². The monoisotopic (exact) mass is 391 g/mol. The fourth-order valence-corrected chi connectivity index (χ4v) is 3.21. The second kappa shape index (κ2) is 6.86. The lowest BCUT2D eigenvalue weighted by atomic mass is 10.1. The summed E-state index contributed by atoms with van der Waals surface area (Å²) in [5.74, 6) is -0.952. The van der Waals surface area contributed by atoms with Gasteiger partial charge in [-0.3, -0.25) is 0 Å². The van der Waals surface area contributed by atoms with Crippen LogP contribution >= 0.6 is 9.24 Å². The van der Waals surface area contributed by atoms with Crippen LogP contribution in [0.2, 0.25) is 0 Å². The van der Waals surface area contributed by atoms with Gasteiger partial charge < -0.3 is 9.84 Å². The van der Waals surface area contributed by atoms with Crippen molar-refractivity contribution in [2.75, 3.05) is 6.26 Å². The summed E-state index contributed by atoms with van der Waals surface area (Å²) in [6, 6.07) is 11.8. The van der Waals surface area contributed by atoms with Crippen molar-refractivity contribution in [2.45, 2.75) is 4.90 Å². The van der Waals surface area contributed by atoms with Crippen molar-refractivity contribution in [3.8, 4) is 22.8 Å². The smallest absolute Gasteiger partial charge is 0.359 e. The molecule has 0 fully saturated rings. The summed E-state index contributed by atoms with van der Waals surface area (Å²) in [5, 5.41) is 19.0. The fraction of sp³-hybridized carbons (Fsp3) is 0.0625. The molecule has 0 saturated carbocycles. The number of nitrogens with one attached hydrogen (secondary N) is 1. The van der Waals surface area contributed by atoms with E-state index < -0.39 is 15.8 Å². The van der Waals surface area contributed by atoms with Crippen molar-refractivity contribution in [1.82, 2.24) is 15.4 Å². The highest BCUT2D eigenvalue weighted by Gasteiger charge is 2.17. The van der Waals surface area contributed by atoms with Crippen molar-refractivity contribution in [3.05, 3.63) is 48.2 Å². The average molecular weight is 391 g/mol. The molecule has 0 radical (unpaired) electrons. The molecular weight excluding hydrogens is 377 g/mol. The molecule has 0 aliphatic carbocycles. The number of aromatic nitrogens is 3. The minimum absolute atomic E-state index is 0.133. The lowest BCUT2D eigenvalue weighted by molar-refractivity contribution is 0.0687. The minimum atomic E-state index is -3.24. The first-order valence-electron chi connectivity index (χ1n) is 7.28. The molecule has 8 nitrogen and oxygen atoms in total. The highest BCUT2D eigenvalue weighted by molar-refractivity contribution is 7.90. The van der Waals surface area contributed by atoms with E-state index in [4.69, 9.17) is 9.84 Å². The molecule has 0 saturated heterocycles. The standard InChI is InChI=1S/C16H14N3O5PS/c1-26(22,23)11-5-2-9(3-6-11)10-4-7-12(13(25)8-10)24-15-14(16(20)21)17-19-18-15/h2-8H,25H2,1H3,(H,20,21)(H,17,18,19). The highest BCUT2D eigenvalue weighted by Crippen LogP contribution is 2.27. The summed E-state index contributed by atoms with van der Waals surface area (Å²) in [6.45, 7) is 0. The van der Waals surface area contributed by atoms with E-state index in [0.717, 1.165) is 17.4 Å². The van der Waals surface area contributed by atoms with E-state index in [9.17, 15) is 13.2 Å². The Bertz CT molecular complexity index is 1080. The Labute approximate surface area is 151 Å². The minimum Gasteiger partial charge on any atom is -0.476 e. The van der Waals surface area contributed by atoms with Gasteiger partial charge >= 0.3 is 5.97 Å². The fourth-order valence-electron chi connectivity index (χ4n) is 2.25. The van der Waals surface area contributed by atoms with Gasteiger partial charge in [-0.25, -0.2) is 18.3 Å². The first-order chi connectivity index (χ1) is 12.3. The Hall–Kier alpha value is -2.77. The molecule has 26 heavy (non-hydrogen) atoms. The Morgan fingerprint density at radius 1 is 1.15 bits per heavy atom. The number of hydrogen-bond acceptors (Lipinski definition) is 6. The predicted molar refractivity (Wildman–Crippen MR) is 97.7 cm³/mol. The van der Waals surface area contributed by atoms with E-state index in [1.54, 1.807) is 36.4 Å². The van der Waals surface area contributed by atoms with Crippen LogP contribution in [0.1, 0.15) is 10.5 Å². The van der Waals surface area contributed by atoms with Crippen molar-refractivity contribution < 1.29 is 23.1 Å². The first-order valence-corrected chi connectivity index (χ1v) is 9.75. The molecule has 0 aliphatic heterocycles. The number of carbonyl (C=O) groups is 1. The number of carboxylic acids is 1. The SMILES string of the molecule is CS(=O)(=O)c1ccc(-c2ccc(Oc3nn[nH]c3C(=O)O)c(P)c2)cc1. The number of benzene rings is 2. The topological polar surface area (TPSA) is 122 Å². The van der Waals surface area contributed by atoms with Crippen LogP contribution in [0, 0.1) is 0 Å². The van der Waals surface area contributed by atoms with Gasteiger partial charge in [0.15, 0.2) is 9.84 Å². The Kier molecular flexibility index (Phi) is 4.76. The third-order valence-electron chi connectivity index (χ3n) is 3.56. The summed E-state index contributed by atoms with van der Waals surface area (Å²) >= 11 is 0. The van der Waals surface area contributed by atoms with E-state index in [-0.39, 0.29) is 16.5 Å². The number of aromatic carboxylic acids is 1. The summed E-state index contributed by atoms with van der Waals surface area (Å²) < 4.78 is 28.6. The maximum Gasteiger partial charge on any atom is 0.359 e. The normalized spacial score (nSPS) is 11.3. The molecule has 1 atom stereocenters. The van der Waals surface area contributed by atoms with Crippen molar-refractivity contribution in [1.29, 1.82) is 0 Å². The first kappa shape index (κ1) is 18.0. The molecule has 3 rings (SSSR count). The number of carboxylic acid groups (broad SMARTS) is 1. The van der Waals surface area contributed by atoms with Gasteiger partial charge in [-0.05, 0) is 35.4 Å². The van der Waals surface area contributed by atoms with E-state index in [1.807, 2.05) is 6.07 Å². The van der Waals surface area contributed by atoms with Crippen LogP contribution < -0.4 is 10.0 Å². The van der Waals surface area contributed by atoms with Gasteiger partial charge in [0.05, 0.1) is 4.90 Å². The van der Waals surface area contributed by atoms with Gasteiger partial charge in [-0.2, -0.15) is 0 Å². The van der Waals surface area contributed by atoms with Crippen LogP contribution in [0.4, 0.5) is 0 Å². The summed E-state index contributed by atoms with van der Waals surface area (Å²) in [5.41, 5.74) is 1.44. The second-order valence-electron chi connectivity index (χ2n) is 5.45. The maximum absolute atomic E-state index is 11.5. The Morgan fingerprint density at radius 2 is 1.81 bits per heavy atom. The van der Waals surface area contributed by atoms with Gasteiger partial charge in [0.2, 0.25) is 5.69 Å². The number of ether oxygens (including phenoxy) is 1. The van der Waals surface area contributed by atoms with Crippen LogP contribution in [0.15, 0.2) is 47.4 Å². The lowest BCUT2D eigenvalue weighted by Gasteiger charge is -2.09. The molecule has 134 valence electrons. The Balaban J connectivity index is 1.88. The third-order valence-corrected chi connectivity index (χ3v) is 5.14. The van der Waals surface area contributed by atoms with Crippen LogP contribution in [0.3, 0.4) is 0 Å². The van der Waals surface area contributed by atoms with Gasteiger partial charge in [-0.1, -0.05) is 28.5 Å². The molecule has 1 aromatic heterocycles. The van der Waals surface area contributed by atoms with Crippen molar-refractivity contribution in [2.24, 2.45) is 0 Å². The van der Waals surface area contributed by atoms with Gasteiger partial charge in [0.25, 0.3) is 5.88 Å². The number of H-pyrrole nitrogens is 1. The zero-order valence-corrected chi connectivity index (χ0v) is 15.5. The van der Waals surface area contributed by atoms with E-state index in [1.165, 1.54) is 0 Å². The zero-order chi connectivity index (χ0) is 18.9. The van der Waals surface area contributed by atoms with Gasteiger partial charge in [0.1, 0.15) is 5.75 Å². The molecule has 0 bridgehead atoms. The molecule has 3 aromatic rings. The van der Waals surface area contributed by atoms with Crippen LogP contribution in [-0.4, -0.2) is 41.2 Å². The quantitative estimate of drug-likeness (QED) is 0.637. The van der Waals surface area contributed by atoms with E-state index in [0.29, 0.717) is 11.1 Å². The molecule has 1 unspecified atom stereocenters. The predicted octanol–water partition coefficient (Wildman–Crippen LogP) is 1.87. The summed E-state index contributed by atoms with van der Waals surface area (Å²) in [7, 11) is -0.741. The number of nitrogens with zero attached hydrogens (tertiary/aromatic N) is 2. The van der Waals surface area contributed by atoms with Crippen LogP contribution in [0.25, 0.3) is 11.1 Å². The molecule has 2 N–H and O–H groups in total. The van der Waals surface area contributed by atoms with Crippen LogP contribution in [-0.2, 0) is 9.84 Å². The maximum atomic E-state index is 11.5. The zero-order valence-electron chi connectivity index (χ0n) is 13.5. The largest absolute Gasteiger partial charge is 0.476 e. The number of rotatable bonds is 5. The number of hydrogen-bond donors (Lipinski definition) is 2. The van der Waals surface area contributed by atoms with E-state index in [2.05, 4.69) is 24.7 Å². The van der Waals surface area contributed by atoms with Crippen molar-refractivity contribution >= 4 is 30.4 Å². The lowest BCUT2D eigenvalue weighted by Crippen LogP contribution is -2.03. The second-order valence-corrected chi connectivity index (χ2v) is 8.09. The van der Waals surface area contributed by atoms with Crippen molar-refractivity contribution in [3.63, 3.8) is 0 Å². The number of sulfone groups is 1. The molecule has 0 spiro atoms. The molecule has 1 heterocycles. The molecule has 0 aliphatic rings. The third kappa shape index (κ3) is 3.74. The molecule has 10 heteroatoms. The van der Waals surface area contributed by atoms with E-state index >= 15 is 0 Å².